The van der Waals surface area contributed by atoms with Gasteiger partial charge in [0.2, 0.25) is 0 Å². The third-order valence-corrected chi connectivity index (χ3v) is 2.86. The molecule has 0 saturated carbocycles. The fraction of sp³-hybridized carbons (Fsp3) is 0.417. The van der Waals surface area contributed by atoms with Gasteiger partial charge in [-0.05, 0) is 26.2 Å². The van der Waals surface area contributed by atoms with Gasteiger partial charge < -0.3 is 9.72 Å². The fourth-order valence-corrected chi connectivity index (χ4v) is 1.92. The number of fused-ring (bicyclic) bond motifs is 1. The van der Waals surface area contributed by atoms with Crippen molar-refractivity contribution >= 4 is 29.7 Å². The van der Waals surface area contributed by atoms with Gasteiger partial charge in [-0.25, -0.2) is 4.98 Å². The summed E-state index contributed by atoms with van der Waals surface area (Å²) < 4.78 is 1.96. The molecule has 2 aromatic heterocycles. The van der Waals surface area contributed by atoms with Crippen molar-refractivity contribution in [2.75, 3.05) is 27.2 Å². The average Bonchev–Trinajstić information content (AvgIpc) is 2.67. The lowest BCUT2D eigenvalue weighted by Crippen LogP contribution is -2.27. The van der Waals surface area contributed by atoms with Gasteiger partial charge >= 0.3 is 0 Å². The first kappa shape index (κ1) is 15.2. The number of imidazole rings is 1. The van der Waals surface area contributed by atoms with Crippen LogP contribution in [0.4, 0.5) is 0 Å². The van der Waals surface area contributed by atoms with Gasteiger partial charge in [0, 0.05) is 32.0 Å². The van der Waals surface area contributed by atoms with E-state index in [1.54, 1.807) is 0 Å². The molecule has 0 aliphatic carbocycles. The minimum absolute atomic E-state index is 0. The number of hydrogen-bond donors (Lipinski definition) is 1. The largest absolute Gasteiger partial charge is 0.318 e. The molecule has 2 aromatic rings. The summed E-state index contributed by atoms with van der Waals surface area (Å²) >= 11 is 5.93. The van der Waals surface area contributed by atoms with Gasteiger partial charge in [-0.3, -0.25) is 4.90 Å². The molecule has 6 heteroatoms. The molecule has 0 unspecified atom stereocenters. The quantitative estimate of drug-likeness (QED) is 0.914. The normalized spacial score (nSPS) is 10.9. The van der Waals surface area contributed by atoms with Gasteiger partial charge in [0.15, 0.2) is 0 Å². The van der Waals surface area contributed by atoms with Crippen LogP contribution in [0.3, 0.4) is 0 Å². The minimum Gasteiger partial charge on any atom is -0.318 e. The second-order valence-electron chi connectivity index (χ2n) is 4.19. The number of hydrogen-bond acceptors (Lipinski definition) is 3. The van der Waals surface area contributed by atoms with E-state index in [1.807, 2.05) is 36.0 Å². The number of aromatic nitrogens is 2. The van der Waals surface area contributed by atoms with E-state index in [1.165, 1.54) is 0 Å². The Hall–Kier alpha value is -0.810. The van der Waals surface area contributed by atoms with Crippen molar-refractivity contribution in [2.24, 2.45) is 0 Å². The van der Waals surface area contributed by atoms with Crippen LogP contribution in [0, 0.1) is 0 Å². The van der Waals surface area contributed by atoms with Crippen LogP contribution in [0.25, 0.3) is 5.65 Å². The lowest BCUT2D eigenvalue weighted by atomic mass is 10.4. The van der Waals surface area contributed by atoms with Gasteiger partial charge in [0.05, 0.1) is 10.7 Å². The Morgan fingerprint density at radius 1 is 1.39 bits per heavy atom. The topological polar surface area (TPSA) is 32.6 Å². The highest BCUT2D eigenvalue weighted by Crippen LogP contribution is 2.12. The molecule has 0 aromatic carbocycles. The molecule has 2 heterocycles. The molecule has 2 rings (SSSR count). The van der Waals surface area contributed by atoms with E-state index >= 15 is 0 Å². The number of likely N-dealkylation sites (N-methyl/N-ethyl adjacent to an activating group) is 2. The maximum Gasteiger partial charge on any atom is 0.137 e. The molecule has 0 aliphatic heterocycles. The molecular formula is C12H18Cl2N4. The van der Waals surface area contributed by atoms with E-state index in [0.717, 1.165) is 36.0 Å². The van der Waals surface area contributed by atoms with E-state index in [-0.39, 0.29) is 12.4 Å². The monoisotopic (exact) mass is 288 g/mol. The molecule has 0 amide bonds. The lowest BCUT2D eigenvalue weighted by Gasteiger charge is -2.14. The molecular weight excluding hydrogens is 271 g/mol. The van der Waals surface area contributed by atoms with Crippen LogP contribution in [0.1, 0.15) is 5.69 Å². The van der Waals surface area contributed by atoms with Crippen LogP contribution in [0.2, 0.25) is 5.02 Å². The van der Waals surface area contributed by atoms with Crippen molar-refractivity contribution in [3.05, 3.63) is 35.2 Å². The molecule has 18 heavy (non-hydrogen) atoms. The summed E-state index contributed by atoms with van der Waals surface area (Å²) in [6.45, 7) is 2.84. The van der Waals surface area contributed by atoms with E-state index < -0.39 is 0 Å². The third kappa shape index (κ3) is 3.85. The van der Waals surface area contributed by atoms with Crippen LogP contribution >= 0.6 is 24.0 Å². The standard InChI is InChI=1S/C12H17ClN4.ClH/c1-14-5-6-16(2)8-11-9-17-7-10(13)3-4-12(17)15-11;/h3-4,7,9,14H,5-6,8H2,1-2H3;1H. The summed E-state index contributed by atoms with van der Waals surface area (Å²) in [7, 11) is 4.05. The Morgan fingerprint density at radius 3 is 2.89 bits per heavy atom. The van der Waals surface area contributed by atoms with E-state index in [4.69, 9.17) is 11.6 Å². The Labute approximate surface area is 118 Å². The van der Waals surface area contributed by atoms with E-state index in [9.17, 15) is 0 Å². The van der Waals surface area contributed by atoms with Crippen molar-refractivity contribution < 1.29 is 0 Å². The molecule has 1 N–H and O–H groups in total. The van der Waals surface area contributed by atoms with Crippen LogP contribution in [-0.4, -0.2) is 41.5 Å². The Bertz CT molecular complexity index is 498. The second kappa shape index (κ2) is 6.95. The highest BCUT2D eigenvalue weighted by Gasteiger charge is 2.05. The zero-order valence-corrected chi connectivity index (χ0v) is 12.1. The van der Waals surface area contributed by atoms with E-state index in [0.29, 0.717) is 0 Å². The van der Waals surface area contributed by atoms with Gasteiger partial charge in [0.1, 0.15) is 5.65 Å². The van der Waals surface area contributed by atoms with Gasteiger partial charge in [0.25, 0.3) is 0 Å². The summed E-state index contributed by atoms with van der Waals surface area (Å²) in [4.78, 5) is 6.78. The van der Waals surface area contributed by atoms with E-state index in [2.05, 4.69) is 22.2 Å². The predicted octanol–water partition coefficient (Wildman–Crippen LogP) is 2.06. The molecule has 0 radical (unpaired) electrons. The summed E-state index contributed by atoms with van der Waals surface area (Å²) in [5.41, 5.74) is 2.00. The number of nitrogens with zero attached hydrogens (tertiary/aromatic N) is 3. The van der Waals surface area contributed by atoms with Crippen LogP contribution < -0.4 is 5.32 Å². The zero-order valence-electron chi connectivity index (χ0n) is 10.6. The maximum atomic E-state index is 5.93. The highest BCUT2D eigenvalue weighted by atomic mass is 35.5. The van der Waals surface area contributed by atoms with Crippen molar-refractivity contribution in [3.8, 4) is 0 Å². The first-order valence-corrected chi connectivity index (χ1v) is 6.03. The summed E-state index contributed by atoms with van der Waals surface area (Å²) in [5.74, 6) is 0. The molecule has 0 fully saturated rings. The number of rotatable bonds is 5. The molecule has 4 nitrogen and oxygen atoms in total. The Kier molecular flexibility index (Phi) is 5.88. The molecule has 0 bridgehead atoms. The van der Waals surface area contributed by atoms with Crippen molar-refractivity contribution in [3.63, 3.8) is 0 Å². The Balaban J connectivity index is 0.00000162. The molecule has 100 valence electrons. The molecule has 0 atom stereocenters. The highest BCUT2D eigenvalue weighted by molar-refractivity contribution is 6.30. The molecule has 0 spiro atoms. The zero-order chi connectivity index (χ0) is 12.3. The van der Waals surface area contributed by atoms with Gasteiger partial charge in [-0.1, -0.05) is 11.6 Å². The van der Waals surface area contributed by atoms with Gasteiger partial charge in [-0.2, -0.15) is 0 Å². The fourth-order valence-electron chi connectivity index (χ4n) is 1.75. The predicted molar refractivity (Wildman–Crippen MR) is 77.7 cm³/mol. The molecule has 0 aliphatic rings. The average molecular weight is 289 g/mol. The maximum absolute atomic E-state index is 5.93. The van der Waals surface area contributed by atoms with Crippen molar-refractivity contribution in [1.82, 2.24) is 19.6 Å². The summed E-state index contributed by atoms with van der Waals surface area (Å²) in [6, 6.07) is 3.79. The number of halogens is 2. The smallest absolute Gasteiger partial charge is 0.137 e. The van der Waals surface area contributed by atoms with Crippen molar-refractivity contribution in [1.29, 1.82) is 0 Å². The third-order valence-electron chi connectivity index (χ3n) is 2.64. The van der Waals surface area contributed by atoms with Crippen LogP contribution in [0.5, 0.6) is 0 Å². The number of nitrogens with one attached hydrogen (secondary N) is 1. The first-order chi connectivity index (χ1) is 8.19. The van der Waals surface area contributed by atoms with Gasteiger partial charge in [-0.15, -0.1) is 12.4 Å². The number of pyridine rings is 1. The second-order valence-corrected chi connectivity index (χ2v) is 4.62. The Morgan fingerprint density at radius 2 is 2.17 bits per heavy atom. The summed E-state index contributed by atoms with van der Waals surface area (Å²) in [6.07, 6.45) is 3.90. The summed E-state index contributed by atoms with van der Waals surface area (Å²) in [5, 5.41) is 3.86. The SMILES string of the molecule is CNCCN(C)Cc1cn2cc(Cl)ccc2n1.Cl. The first-order valence-electron chi connectivity index (χ1n) is 5.65. The van der Waals surface area contributed by atoms with Crippen molar-refractivity contribution in [2.45, 2.75) is 6.54 Å². The minimum atomic E-state index is 0. The molecule has 0 saturated heterocycles. The van der Waals surface area contributed by atoms with Crippen LogP contribution in [-0.2, 0) is 6.54 Å². The van der Waals surface area contributed by atoms with Crippen LogP contribution in [0.15, 0.2) is 24.5 Å². The lowest BCUT2D eigenvalue weighted by molar-refractivity contribution is 0.325.